The summed E-state index contributed by atoms with van der Waals surface area (Å²) in [6.07, 6.45) is 0. The van der Waals surface area contributed by atoms with E-state index >= 15 is 0 Å². The lowest BCUT2D eigenvalue weighted by atomic mass is 10.2. The molecular weight excluding hydrogens is 403 g/mol. The molecule has 0 amide bonds. The molecule has 0 atom stereocenters. The fraction of sp³-hybridized carbons (Fsp3) is 0.462. The first-order valence-electron chi connectivity index (χ1n) is 6.19. The first kappa shape index (κ1) is 20.1. The standard InChI is InChI=1S/C13H22N4O2S.HI/c1-14-20(18,19)12-8-6-11(7-9-12)10-15-13(16(2)3)17(4)5;/h6-9,14H,10H2,1-5H3;1H. The Labute approximate surface area is 144 Å². The Balaban J connectivity index is 0.00000400. The maximum Gasteiger partial charge on any atom is 0.240 e. The molecule has 0 saturated heterocycles. The predicted octanol–water partition coefficient (Wildman–Crippen LogP) is 1.19. The summed E-state index contributed by atoms with van der Waals surface area (Å²) in [5.74, 6) is 0.858. The molecule has 0 spiro atoms. The molecule has 1 aromatic carbocycles. The van der Waals surface area contributed by atoms with Crippen LogP contribution in [0.1, 0.15) is 5.56 Å². The molecule has 0 aliphatic rings. The quantitative estimate of drug-likeness (QED) is 0.447. The van der Waals surface area contributed by atoms with Crippen LogP contribution in [0.3, 0.4) is 0 Å². The summed E-state index contributed by atoms with van der Waals surface area (Å²) in [7, 11) is 5.75. The van der Waals surface area contributed by atoms with Gasteiger partial charge < -0.3 is 9.80 Å². The second kappa shape index (κ2) is 8.54. The Morgan fingerprint density at radius 3 is 1.95 bits per heavy atom. The van der Waals surface area contributed by atoms with Gasteiger partial charge in [0.2, 0.25) is 10.0 Å². The zero-order chi connectivity index (χ0) is 15.3. The zero-order valence-corrected chi connectivity index (χ0v) is 16.1. The molecule has 0 saturated carbocycles. The number of halogens is 1. The van der Waals surface area contributed by atoms with E-state index in [0.29, 0.717) is 6.54 Å². The Kier molecular flexibility index (Phi) is 8.19. The highest BCUT2D eigenvalue weighted by Crippen LogP contribution is 2.11. The molecule has 0 bridgehead atoms. The van der Waals surface area contributed by atoms with Gasteiger partial charge in [-0.3, -0.25) is 0 Å². The lowest BCUT2D eigenvalue weighted by Crippen LogP contribution is -2.35. The number of sulfonamides is 1. The van der Waals surface area contributed by atoms with Crippen molar-refractivity contribution >= 4 is 40.0 Å². The number of nitrogens with one attached hydrogen (secondary N) is 1. The maximum absolute atomic E-state index is 11.6. The average Bonchev–Trinajstić information content (AvgIpc) is 2.38. The van der Waals surface area contributed by atoms with Gasteiger partial charge in [0.25, 0.3) is 0 Å². The van der Waals surface area contributed by atoms with Crippen molar-refractivity contribution in [2.24, 2.45) is 4.99 Å². The van der Waals surface area contributed by atoms with Gasteiger partial charge in [-0.25, -0.2) is 18.1 Å². The third-order valence-corrected chi connectivity index (χ3v) is 4.14. The minimum absolute atomic E-state index is 0. The van der Waals surface area contributed by atoms with E-state index in [1.807, 2.05) is 38.0 Å². The fourth-order valence-electron chi connectivity index (χ4n) is 1.74. The van der Waals surface area contributed by atoms with E-state index < -0.39 is 10.0 Å². The van der Waals surface area contributed by atoms with Gasteiger partial charge in [0, 0.05) is 28.2 Å². The SMILES string of the molecule is CNS(=O)(=O)c1ccc(CN=C(N(C)C)N(C)C)cc1.I. The molecule has 0 aliphatic carbocycles. The smallest absolute Gasteiger partial charge is 0.240 e. The van der Waals surface area contributed by atoms with Crippen molar-refractivity contribution in [1.82, 2.24) is 14.5 Å². The molecule has 1 N–H and O–H groups in total. The summed E-state index contributed by atoms with van der Waals surface area (Å²) in [5.41, 5.74) is 0.959. The highest BCUT2D eigenvalue weighted by atomic mass is 127. The van der Waals surface area contributed by atoms with Crippen molar-refractivity contribution in [3.05, 3.63) is 29.8 Å². The highest BCUT2D eigenvalue weighted by Gasteiger charge is 2.10. The Hall–Kier alpha value is -0.870. The molecule has 0 radical (unpaired) electrons. The van der Waals surface area contributed by atoms with E-state index in [-0.39, 0.29) is 28.9 Å². The van der Waals surface area contributed by atoms with Gasteiger partial charge >= 0.3 is 0 Å². The van der Waals surface area contributed by atoms with Crippen LogP contribution >= 0.6 is 24.0 Å². The number of aliphatic imine (C=N–C) groups is 1. The highest BCUT2D eigenvalue weighted by molar-refractivity contribution is 14.0. The van der Waals surface area contributed by atoms with Gasteiger partial charge in [0.15, 0.2) is 5.96 Å². The molecule has 0 unspecified atom stereocenters. The number of rotatable bonds is 4. The first-order valence-corrected chi connectivity index (χ1v) is 7.68. The molecule has 0 fully saturated rings. The average molecular weight is 426 g/mol. The maximum atomic E-state index is 11.6. The summed E-state index contributed by atoms with van der Waals surface area (Å²) in [4.78, 5) is 8.63. The second-order valence-electron chi connectivity index (χ2n) is 4.76. The number of nitrogens with zero attached hydrogens (tertiary/aromatic N) is 3. The van der Waals surface area contributed by atoms with Crippen LogP contribution in [-0.4, -0.2) is 59.4 Å². The third kappa shape index (κ3) is 5.79. The Morgan fingerprint density at radius 1 is 1.10 bits per heavy atom. The van der Waals surface area contributed by atoms with Crippen molar-refractivity contribution in [3.63, 3.8) is 0 Å². The van der Waals surface area contributed by atoms with Crippen LogP contribution in [0.2, 0.25) is 0 Å². The topological polar surface area (TPSA) is 65.0 Å². The monoisotopic (exact) mass is 426 g/mol. The summed E-state index contributed by atoms with van der Waals surface area (Å²) in [6.45, 7) is 0.506. The van der Waals surface area contributed by atoms with Gasteiger partial charge in [0.1, 0.15) is 0 Å². The summed E-state index contributed by atoms with van der Waals surface area (Å²) in [5, 5.41) is 0. The van der Waals surface area contributed by atoms with Crippen LogP contribution in [0.25, 0.3) is 0 Å². The van der Waals surface area contributed by atoms with E-state index in [9.17, 15) is 8.42 Å². The largest absolute Gasteiger partial charge is 0.349 e. The molecule has 0 aromatic heterocycles. The Morgan fingerprint density at radius 2 is 1.57 bits per heavy atom. The predicted molar refractivity (Wildman–Crippen MR) is 96.6 cm³/mol. The van der Waals surface area contributed by atoms with Crippen molar-refractivity contribution in [1.29, 1.82) is 0 Å². The van der Waals surface area contributed by atoms with Crippen LogP contribution in [0.4, 0.5) is 0 Å². The van der Waals surface area contributed by atoms with Crippen LogP contribution in [0.15, 0.2) is 34.2 Å². The minimum Gasteiger partial charge on any atom is -0.349 e. The Bertz CT molecular complexity index is 558. The molecule has 0 heterocycles. The lowest BCUT2D eigenvalue weighted by molar-refractivity contribution is 0.479. The van der Waals surface area contributed by atoms with Crippen LogP contribution < -0.4 is 4.72 Å². The lowest BCUT2D eigenvalue weighted by Gasteiger charge is -2.22. The van der Waals surface area contributed by atoms with E-state index in [0.717, 1.165) is 11.5 Å². The van der Waals surface area contributed by atoms with Crippen molar-refractivity contribution in [2.75, 3.05) is 35.2 Å². The van der Waals surface area contributed by atoms with Gasteiger partial charge in [-0.05, 0) is 24.7 Å². The molecule has 1 rings (SSSR count). The van der Waals surface area contributed by atoms with Gasteiger partial charge in [-0.2, -0.15) is 0 Å². The number of hydrogen-bond acceptors (Lipinski definition) is 3. The van der Waals surface area contributed by atoms with Gasteiger partial charge in [-0.15, -0.1) is 24.0 Å². The van der Waals surface area contributed by atoms with Crippen LogP contribution in [-0.2, 0) is 16.6 Å². The molecule has 6 nitrogen and oxygen atoms in total. The van der Waals surface area contributed by atoms with Crippen molar-refractivity contribution < 1.29 is 8.42 Å². The third-order valence-electron chi connectivity index (χ3n) is 2.71. The van der Waals surface area contributed by atoms with Crippen molar-refractivity contribution in [2.45, 2.75) is 11.4 Å². The molecule has 120 valence electrons. The molecular formula is C13H23IN4O2S. The van der Waals surface area contributed by atoms with Gasteiger partial charge in [-0.1, -0.05) is 12.1 Å². The number of guanidine groups is 1. The van der Waals surface area contributed by atoms with Crippen LogP contribution in [0.5, 0.6) is 0 Å². The second-order valence-corrected chi connectivity index (χ2v) is 6.64. The van der Waals surface area contributed by atoms with Crippen molar-refractivity contribution in [3.8, 4) is 0 Å². The first-order chi connectivity index (χ1) is 9.27. The molecule has 21 heavy (non-hydrogen) atoms. The van der Waals surface area contributed by atoms with E-state index in [1.54, 1.807) is 24.3 Å². The van der Waals surface area contributed by atoms with Crippen LogP contribution in [0, 0.1) is 0 Å². The van der Waals surface area contributed by atoms with E-state index in [2.05, 4.69) is 9.71 Å². The van der Waals surface area contributed by atoms with E-state index in [1.165, 1.54) is 7.05 Å². The van der Waals surface area contributed by atoms with E-state index in [4.69, 9.17) is 0 Å². The number of hydrogen-bond donors (Lipinski definition) is 1. The summed E-state index contributed by atoms with van der Waals surface area (Å²) in [6, 6.07) is 6.72. The summed E-state index contributed by atoms with van der Waals surface area (Å²) >= 11 is 0. The molecule has 1 aromatic rings. The zero-order valence-electron chi connectivity index (χ0n) is 13.0. The molecule has 0 aliphatic heterocycles. The molecule has 8 heteroatoms. The summed E-state index contributed by atoms with van der Waals surface area (Å²) < 4.78 is 25.5. The normalized spacial score (nSPS) is 10.5. The fourth-order valence-corrected chi connectivity index (χ4v) is 2.47. The number of benzene rings is 1. The van der Waals surface area contributed by atoms with Gasteiger partial charge in [0.05, 0.1) is 11.4 Å². The minimum atomic E-state index is -3.38.